The smallest absolute Gasteiger partial charge is 0.193 e. The van der Waals surface area contributed by atoms with Crippen LogP contribution in [-0.2, 0) is 0 Å². The van der Waals surface area contributed by atoms with Gasteiger partial charge in [0.25, 0.3) is 0 Å². The normalized spacial score (nSPS) is 12.1. The first-order valence-corrected chi connectivity index (χ1v) is 14.5. The van der Waals surface area contributed by atoms with E-state index in [4.69, 9.17) is 0 Å². The maximum absolute atomic E-state index is 13.5. The zero-order valence-electron chi connectivity index (χ0n) is 21.8. The van der Waals surface area contributed by atoms with Gasteiger partial charge in [0.05, 0.1) is 0 Å². The largest absolute Gasteiger partial charge is 0.289 e. The van der Waals surface area contributed by atoms with Crippen LogP contribution >= 0.6 is 11.3 Å². The standard InChI is InChI=1S/C38H20O2S/c39-35(21-9-3-1-4-10-21)25-17-19-27-31-23(25)13-7-15-29(31)37-33(27)34-28-20-18-26(36(40)22-11-5-2-6-12-22)24-14-8-16-30(32(24)28)38(34)41-37/h1-20H. The van der Waals surface area contributed by atoms with E-state index in [1.165, 1.54) is 41.7 Å². The molecule has 9 aromatic rings. The van der Waals surface area contributed by atoms with E-state index in [-0.39, 0.29) is 11.6 Å². The van der Waals surface area contributed by atoms with E-state index in [1.807, 2.05) is 84.1 Å². The number of ketones is 2. The number of hydrogen-bond acceptors (Lipinski definition) is 3. The van der Waals surface area contributed by atoms with Gasteiger partial charge in [-0.2, -0.15) is 0 Å². The van der Waals surface area contributed by atoms with Crippen LogP contribution in [0.5, 0.6) is 0 Å². The summed E-state index contributed by atoms with van der Waals surface area (Å²) in [6, 6.07) is 39.9. The van der Waals surface area contributed by atoms with Gasteiger partial charge in [0.2, 0.25) is 0 Å². The first kappa shape index (κ1) is 22.7. The van der Waals surface area contributed by atoms with E-state index < -0.39 is 0 Å². The summed E-state index contributed by atoms with van der Waals surface area (Å²) in [5.74, 6) is 0.0881. The van der Waals surface area contributed by atoms with Gasteiger partial charge in [-0.05, 0) is 44.5 Å². The quantitative estimate of drug-likeness (QED) is 0.208. The van der Waals surface area contributed by atoms with Gasteiger partial charge in [-0.15, -0.1) is 11.3 Å². The monoisotopic (exact) mass is 540 g/mol. The van der Waals surface area contributed by atoms with E-state index in [2.05, 4.69) is 48.5 Å². The molecule has 0 fully saturated rings. The van der Waals surface area contributed by atoms with Gasteiger partial charge in [-0.25, -0.2) is 0 Å². The fourth-order valence-corrected chi connectivity index (χ4v) is 8.21. The summed E-state index contributed by atoms with van der Waals surface area (Å²) in [6.45, 7) is 0. The van der Waals surface area contributed by atoms with Crippen molar-refractivity contribution >= 4 is 86.2 Å². The molecular weight excluding hydrogens is 520 g/mol. The number of carbonyl (C=O) groups excluding carboxylic acids is 2. The Labute approximate surface area is 238 Å². The lowest BCUT2D eigenvalue weighted by molar-refractivity contribution is 0.103. The van der Waals surface area contributed by atoms with E-state index in [1.54, 1.807) is 0 Å². The van der Waals surface area contributed by atoms with Crippen molar-refractivity contribution in [2.24, 2.45) is 0 Å². The summed E-state index contributed by atoms with van der Waals surface area (Å²) < 4.78 is 2.51. The van der Waals surface area contributed by atoms with Crippen LogP contribution in [0.15, 0.2) is 121 Å². The fraction of sp³-hybridized carbons (Fsp3) is 0. The highest BCUT2D eigenvalue weighted by atomic mass is 32.1. The lowest BCUT2D eigenvalue weighted by atomic mass is 9.94. The van der Waals surface area contributed by atoms with Crippen molar-refractivity contribution in [2.45, 2.75) is 0 Å². The predicted octanol–water partition coefficient (Wildman–Crippen LogP) is 10.0. The molecule has 190 valence electrons. The Bertz CT molecular complexity index is 2310. The van der Waals surface area contributed by atoms with Crippen molar-refractivity contribution < 1.29 is 9.59 Å². The Morgan fingerprint density at radius 3 is 1.22 bits per heavy atom. The molecule has 0 saturated heterocycles. The summed E-state index contributed by atoms with van der Waals surface area (Å²) in [7, 11) is 0. The zero-order chi connectivity index (χ0) is 27.2. The molecule has 0 aliphatic carbocycles. The molecule has 1 aromatic heterocycles. The Morgan fingerprint density at radius 2 is 0.780 bits per heavy atom. The summed E-state index contributed by atoms with van der Waals surface area (Å²) in [4.78, 5) is 27.1. The average molecular weight is 541 g/mol. The molecule has 0 radical (unpaired) electrons. The van der Waals surface area contributed by atoms with Gasteiger partial charge in [0.1, 0.15) is 0 Å². The van der Waals surface area contributed by atoms with Gasteiger partial charge in [0, 0.05) is 53.2 Å². The molecule has 0 amide bonds. The number of carbonyl (C=O) groups is 2. The Hall–Kier alpha value is -5.12. The van der Waals surface area contributed by atoms with Crippen LogP contribution in [0, 0.1) is 0 Å². The van der Waals surface area contributed by atoms with E-state index in [9.17, 15) is 9.59 Å². The topological polar surface area (TPSA) is 34.1 Å². The number of fused-ring (bicyclic) bond motifs is 7. The van der Waals surface area contributed by atoms with Crippen molar-refractivity contribution in [1.82, 2.24) is 0 Å². The highest BCUT2D eigenvalue weighted by Crippen LogP contribution is 2.52. The second-order valence-electron chi connectivity index (χ2n) is 10.7. The maximum atomic E-state index is 13.5. The minimum atomic E-state index is 0.0440. The summed E-state index contributed by atoms with van der Waals surface area (Å²) in [5, 5.41) is 11.5. The van der Waals surface area contributed by atoms with E-state index in [0.717, 1.165) is 32.7 Å². The highest BCUT2D eigenvalue weighted by Gasteiger charge is 2.25. The van der Waals surface area contributed by atoms with Crippen LogP contribution in [0.3, 0.4) is 0 Å². The fourth-order valence-electron chi connectivity index (χ4n) is 6.82. The Kier molecular flexibility index (Phi) is 4.53. The first-order chi connectivity index (χ1) is 20.2. The molecule has 0 saturated carbocycles. The highest BCUT2D eigenvalue weighted by molar-refractivity contribution is 7.28. The third-order valence-corrected chi connectivity index (χ3v) is 9.83. The number of hydrogen-bond donors (Lipinski definition) is 0. The predicted molar refractivity (Wildman–Crippen MR) is 171 cm³/mol. The molecule has 1 heterocycles. The summed E-state index contributed by atoms with van der Waals surface area (Å²) in [6.07, 6.45) is 0. The SMILES string of the molecule is O=C(c1ccccc1)c1ccc2c3c1cccc3c1sc3c4cccc5c(C(=O)c6ccccc6)ccc(c54)c3c21. The van der Waals surface area contributed by atoms with Gasteiger partial charge in [-0.3, -0.25) is 9.59 Å². The molecular formula is C38H20O2S. The van der Waals surface area contributed by atoms with Gasteiger partial charge < -0.3 is 0 Å². The minimum Gasteiger partial charge on any atom is -0.289 e. The van der Waals surface area contributed by atoms with Crippen molar-refractivity contribution in [3.05, 3.63) is 144 Å². The molecule has 0 atom stereocenters. The molecule has 3 heteroatoms. The zero-order valence-corrected chi connectivity index (χ0v) is 22.6. The number of rotatable bonds is 4. The third kappa shape index (κ3) is 2.96. The van der Waals surface area contributed by atoms with Crippen LogP contribution in [0.4, 0.5) is 0 Å². The molecule has 0 unspecified atom stereocenters. The lowest BCUT2D eigenvalue weighted by Crippen LogP contribution is -2.01. The van der Waals surface area contributed by atoms with E-state index in [0.29, 0.717) is 11.1 Å². The molecule has 41 heavy (non-hydrogen) atoms. The third-order valence-electron chi connectivity index (χ3n) is 8.58. The second kappa shape index (κ2) is 8.20. The average Bonchev–Trinajstić information content (AvgIpc) is 3.67. The van der Waals surface area contributed by atoms with E-state index >= 15 is 0 Å². The Balaban J connectivity index is 1.35. The first-order valence-electron chi connectivity index (χ1n) is 13.7. The molecule has 0 aliphatic heterocycles. The molecule has 0 bridgehead atoms. The molecule has 2 nitrogen and oxygen atoms in total. The van der Waals surface area contributed by atoms with Crippen LogP contribution in [0.2, 0.25) is 0 Å². The van der Waals surface area contributed by atoms with Gasteiger partial charge in [-0.1, -0.05) is 109 Å². The van der Waals surface area contributed by atoms with Gasteiger partial charge in [0.15, 0.2) is 11.6 Å². The maximum Gasteiger partial charge on any atom is 0.193 e. The Morgan fingerprint density at radius 1 is 0.366 bits per heavy atom. The number of thiophene rings is 1. The van der Waals surface area contributed by atoms with Crippen molar-refractivity contribution in [1.29, 1.82) is 0 Å². The molecule has 0 N–H and O–H groups in total. The lowest BCUT2D eigenvalue weighted by Gasteiger charge is -2.07. The van der Waals surface area contributed by atoms with Crippen molar-refractivity contribution in [3.63, 3.8) is 0 Å². The summed E-state index contributed by atoms with van der Waals surface area (Å²) >= 11 is 1.82. The van der Waals surface area contributed by atoms with Crippen LogP contribution < -0.4 is 0 Å². The molecule has 8 aromatic carbocycles. The molecule has 9 rings (SSSR count). The minimum absolute atomic E-state index is 0.0440. The molecule has 0 aliphatic rings. The summed E-state index contributed by atoms with van der Waals surface area (Å²) in [5.41, 5.74) is 2.87. The van der Waals surface area contributed by atoms with Crippen LogP contribution in [0.1, 0.15) is 31.8 Å². The van der Waals surface area contributed by atoms with Crippen molar-refractivity contribution in [3.8, 4) is 0 Å². The van der Waals surface area contributed by atoms with Gasteiger partial charge >= 0.3 is 0 Å². The second-order valence-corrected chi connectivity index (χ2v) is 11.7. The van der Waals surface area contributed by atoms with Crippen LogP contribution in [0.25, 0.3) is 63.3 Å². The van der Waals surface area contributed by atoms with Crippen LogP contribution in [-0.4, -0.2) is 11.6 Å². The van der Waals surface area contributed by atoms with Crippen molar-refractivity contribution in [2.75, 3.05) is 0 Å². The number of benzene rings is 6. The molecule has 0 spiro atoms.